The van der Waals surface area contributed by atoms with E-state index in [1.165, 1.54) is 5.56 Å². The fraction of sp³-hybridized carbons (Fsp3) is 0.625. The van der Waals surface area contributed by atoms with Crippen molar-refractivity contribution in [3.8, 4) is 5.75 Å². The summed E-state index contributed by atoms with van der Waals surface area (Å²) in [6.45, 7) is 1.73. The maximum Gasteiger partial charge on any atom is 0.223 e. The summed E-state index contributed by atoms with van der Waals surface area (Å²) in [4.78, 5) is 12.8. The van der Waals surface area contributed by atoms with E-state index in [1.54, 1.807) is 0 Å². The van der Waals surface area contributed by atoms with Crippen LogP contribution in [0.15, 0.2) is 36.2 Å². The molecule has 0 atom stereocenters. The molecule has 3 aliphatic carbocycles. The first kappa shape index (κ1) is 21.3. The minimum absolute atomic E-state index is 0.0164. The molecule has 4 aliphatic rings. The molecule has 0 radical (unpaired) electrons. The van der Waals surface area contributed by atoms with E-state index in [4.69, 9.17) is 15.2 Å². The lowest BCUT2D eigenvalue weighted by Gasteiger charge is -2.54. The molecule has 0 spiro atoms. The Morgan fingerprint density at radius 1 is 1.13 bits per heavy atom. The number of amides is 1. The lowest BCUT2D eigenvalue weighted by atomic mass is 9.55. The van der Waals surface area contributed by atoms with E-state index >= 15 is 0 Å². The van der Waals surface area contributed by atoms with Crippen LogP contribution in [0.5, 0.6) is 5.75 Å². The number of nitrogens with one attached hydrogen (secondary N) is 1. The van der Waals surface area contributed by atoms with Gasteiger partial charge in [-0.1, -0.05) is 12.1 Å². The van der Waals surface area contributed by atoms with Gasteiger partial charge in [0.1, 0.15) is 12.4 Å². The Labute approximate surface area is 178 Å². The van der Waals surface area contributed by atoms with Crippen LogP contribution in [-0.4, -0.2) is 37.8 Å². The van der Waals surface area contributed by atoms with Gasteiger partial charge in [-0.2, -0.15) is 0 Å². The first-order valence-corrected chi connectivity index (χ1v) is 11.2. The Morgan fingerprint density at radius 3 is 2.33 bits per heavy atom. The number of hydrogen-bond acceptors (Lipinski definition) is 4. The zero-order valence-electron chi connectivity index (χ0n) is 17.6. The van der Waals surface area contributed by atoms with Crippen molar-refractivity contribution in [2.75, 3.05) is 26.4 Å². The summed E-state index contributed by atoms with van der Waals surface area (Å²) >= 11 is 0. The Bertz CT molecular complexity index is 747. The summed E-state index contributed by atoms with van der Waals surface area (Å²) in [7, 11) is 0. The van der Waals surface area contributed by atoms with Crippen LogP contribution in [0.4, 0.5) is 4.39 Å². The van der Waals surface area contributed by atoms with Crippen molar-refractivity contribution in [3.05, 3.63) is 41.7 Å². The minimum Gasteiger partial charge on any atom is -0.489 e. The molecule has 3 N–H and O–H groups in total. The predicted molar refractivity (Wildman–Crippen MR) is 114 cm³/mol. The third-order valence-electron chi connectivity index (χ3n) is 7.53. The number of hydrogen-bond donors (Lipinski definition) is 2. The molecule has 30 heavy (non-hydrogen) atoms. The highest BCUT2D eigenvalue weighted by Crippen LogP contribution is 2.53. The van der Waals surface area contributed by atoms with Gasteiger partial charge in [0.2, 0.25) is 5.91 Å². The normalized spacial score (nSPS) is 29.6. The Morgan fingerprint density at radius 2 is 1.77 bits per heavy atom. The van der Waals surface area contributed by atoms with Gasteiger partial charge in [-0.05, 0) is 74.5 Å². The molecule has 2 bridgehead atoms. The van der Waals surface area contributed by atoms with Gasteiger partial charge in [-0.25, -0.2) is 4.39 Å². The highest BCUT2D eigenvalue weighted by Gasteiger charge is 2.50. The summed E-state index contributed by atoms with van der Waals surface area (Å²) in [5, 5.41) is 3.45. The lowest BCUT2D eigenvalue weighted by Crippen LogP contribution is -2.59. The summed E-state index contributed by atoms with van der Waals surface area (Å²) in [6, 6.07) is 8.24. The number of fused-ring (bicyclic) bond motifs is 3. The van der Waals surface area contributed by atoms with Gasteiger partial charge in [0.25, 0.3) is 0 Å². The average Bonchev–Trinajstić information content (AvgIpc) is 2.82. The van der Waals surface area contributed by atoms with Crippen molar-refractivity contribution >= 4 is 5.91 Å². The van der Waals surface area contributed by atoms with E-state index in [2.05, 4.69) is 17.4 Å². The number of rotatable bonds is 7. The first-order valence-electron chi connectivity index (χ1n) is 11.2. The van der Waals surface area contributed by atoms with Crippen LogP contribution in [-0.2, 0) is 14.9 Å². The van der Waals surface area contributed by atoms with Gasteiger partial charge in [-0.15, -0.1) is 0 Å². The second-order valence-corrected chi connectivity index (χ2v) is 9.22. The molecular formula is C24H33FN2O3. The van der Waals surface area contributed by atoms with Crippen LogP contribution in [0.1, 0.15) is 56.9 Å². The van der Waals surface area contributed by atoms with Crippen molar-refractivity contribution in [3.63, 3.8) is 0 Å². The monoisotopic (exact) mass is 416 g/mol. The van der Waals surface area contributed by atoms with Crippen LogP contribution >= 0.6 is 0 Å². The van der Waals surface area contributed by atoms with Gasteiger partial charge in [0.05, 0.1) is 6.33 Å². The SMILES string of the molecule is NC/C(=C\F)COc1ccc(C23CCC(NC(=O)C4CCOCC4)(CC2)CC3)cc1. The zero-order valence-corrected chi connectivity index (χ0v) is 17.6. The second kappa shape index (κ2) is 9.06. The summed E-state index contributed by atoms with van der Waals surface area (Å²) in [5.74, 6) is 1.07. The average molecular weight is 417 g/mol. The number of carbonyl (C=O) groups is 1. The summed E-state index contributed by atoms with van der Waals surface area (Å²) in [6.07, 6.45) is 8.63. The highest BCUT2D eigenvalue weighted by atomic mass is 19.1. The van der Waals surface area contributed by atoms with Crippen LogP contribution in [0.25, 0.3) is 0 Å². The van der Waals surface area contributed by atoms with Gasteiger partial charge >= 0.3 is 0 Å². The Kier molecular flexibility index (Phi) is 6.44. The third-order valence-corrected chi connectivity index (χ3v) is 7.53. The van der Waals surface area contributed by atoms with Crippen LogP contribution in [0.3, 0.4) is 0 Å². The number of carbonyl (C=O) groups excluding carboxylic acids is 1. The Balaban J connectivity index is 1.35. The number of ether oxygens (including phenoxy) is 2. The van der Waals surface area contributed by atoms with E-state index < -0.39 is 0 Å². The topological polar surface area (TPSA) is 73.6 Å². The molecule has 6 heteroatoms. The molecule has 1 heterocycles. The zero-order chi connectivity index (χ0) is 21.0. The number of halogens is 1. The van der Waals surface area contributed by atoms with Crippen LogP contribution in [0.2, 0.25) is 0 Å². The highest BCUT2D eigenvalue weighted by molar-refractivity contribution is 5.79. The molecule has 3 saturated carbocycles. The molecule has 4 fully saturated rings. The molecule has 0 unspecified atom stereocenters. The van der Waals surface area contributed by atoms with E-state index in [0.717, 1.165) is 57.1 Å². The third kappa shape index (κ3) is 4.40. The standard InChI is InChI=1S/C24H33FN2O3/c25-15-18(16-26)17-30-21-3-1-20(2-4-21)23-7-10-24(11-8-23,12-9-23)27-22(28)19-5-13-29-14-6-19/h1-4,15,19H,5-14,16-17,26H2,(H,27,28)/b18-15+. The molecule has 1 amide bonds. The largest absolute Gasteiger partial charge is 0.489 e. The minimum atomic E-state index is -0.0164. The fourth-order valence-electron chi connectivity index (χ4n) is 5.35. The van der Waals surface area contributed by atoms with Gasteiger partial charge in [0.15, 0.2) is 0 Å². The van der Waals surface area contributed by atoms with Crippen molar-refractivity contribution < 1.29 is 18.7 Å². The van der Waals surface area contributed by atoms with Crippen molar-refractivity contribution in [2.24, 2.45) is 11.7 Å². The quantitative estimate of drug-likeness (QED) is 0.710. The predicted octanol–water partition coefficient (Wildman–Crippen LogP) is 3.76. The first-order chi connectivity index (χ1) is 14.6. The number of nitrogens with two attached hydrogens (primary N) is 1. The molecule has 5 nitrogen and oxygen atoms in total. The van der Waals surface area contributed by atoms with Crippen molar-refractivity contribution in [1.82, 2.24) is 5.32 Å². The second-order valence-electron chi connectivity index (χ2n) is 9.22. The van der Waals surface area contributed by atoms with Crippen molar-refractivity contribution in [1.29, 1.82) is 0 Å². The molecule has 164 valence electrons. The molecular weight excluding hydrogens is 383 g/mol. The maximum absolute atomic E-state index is 12.8. The van der Waals surface area contributed by atoms with E-state index in [9.17, 15) is 9.18 Å². The smallest absolute Gasteiger partial charge is 0.223 e. The van der Waals surface area contributed by atoms with E-state index in [0.29, 0.717) is 25.1 Å². The fourth-order valence-corrected chi connectivity index (χ4v) is 5.35. The number of benzene rings is 1. The molecule has 1 aliphatic heterocycles. The van der Waals surface area contributed by atoms with Crippen LogP contribution < -0.4 is 15.8 Å². The van der Waals surface area contributed by atoms with Crippen molar-refractivity contribution in [2.45, 2.75) is 62.3 Å². The van der Waals surface area contributed by atoms with Gasteiger partial charge in [-0.3, -0.25) is 4.79 Å². The van der Waals surface area contributed by atoms with E-state index in [-0.39, 0.29) is 35.9 Å². The molecule has 1 aromatic rings. The molecule has 0 aromatic heterocycles. The molecule has 1 saturated heterocycles. The van der Waals surface area contributed by atoms with Gasteiger partial charge < -0.3 is 20.5 Å². The Hall–Kier alpha value is -1.92. The van der Waals surface area contributed by atoms with Crippen LogP contribution in [0, 0.1) is 5.92 Å². The van der Waals surface area contributed by atoms with E-state index in [1.807, 2.05) is 12.1 Å². The lowest BCUT2D eigenvalue weighted by molar-refractivity contribution is -0.131. The molecule has 5 rings (SSSR count). The maximum atomic E-state index is 12.8. The molecule has 1 aromatic carbocycles. The van der Waals surface area contributed by atoms with Gasteiger partial charge in [0, 0.05) is 36.8 Å². The summed E-state index contributed by atoms with van der Waals surface area (Å²) in [5.41, 5.74) is 7.44. The summed E-state index contributed by atoms with van der Waals surface area (Å²) < 4.78 is 23.7.